The maximum atomic E-state index is 13.5. The number of aliphatic hydroxyl groups excluding tert-OH is 3. The maximum Gasteiger partial charge on any atom is 0.322 e. The second kappa shape index (κ2) is 17.0. The lowest BCUT2D eigenvalue weighted by Gasteiger charge is -2.41. The molecule has 58 heavy (non-hydrogen) atoms. The summed E-state index contributed by atoms with van der Waals surface area (Å²) in [5.74, 6) is -4.15. The lowest BCUT2D eigenvalue weighted by Crippen LogP contribution is -3.08. The van der Waals surface area contributed by atoms with Crippen LogP contribution in [0.25, 0.3) is 27.8 Å². The molecule has 8 atom stereocenters. The molecule has 1 fully saturated rings. The minimum absolute atomic E-state index is 0.0452. The largest absolute Gasteiger partial charge is 0.508 e. The third-order valence-corrected chi connectivity index (χ3v) is 10.4. The quantitative estimate of drug-likeness (QED) is 0.0707. The number of aliphatic imine (C=N–C) groups is 1. The van der Waals surface area contributed by atoms with Crippen LogP contribution in [-0.4, -0.2) is 107 Å². The zero-order valence-electron chi connectivity index (χ0n) is 31.8. The van der Waals surface area contributed by atoms with E-state index in [0.717, 1.165) is 22.3 Å². The van der Waals surface area contributed by atoms with Crippen LogP contribution in [0.15, 0.2) is 98.5 Å². The predicted octanol–water partition coefficient (Wildman–Crippen LogP) is 1.40. The van der Waals surface area contributed by atoms with Crippen molar-refractivity contribution >= 4 is 34.8 Å². The molecule has 7 rings (SSSR count). The van der Waals surface area contributed by atoms with Gasteiger partial charge in [0, 0.05) is 36.1 Å². The number of nitrogens with zero attached hydrogens (tertiary/aromatic N) is 1. The summed E-state index contributed by atoms with van der Waals surface area (Å²) in [7, 11) is 1.45. The second-order valence-electron chi connectivity index (χ2n) is 14.4. The molecule has 8 unspecified atom stereocenters. The molecule has 304 valence electrons. The zero-order chi connectivity index (χ0) is 41.2. The van der Waals surface area contributed by atoms with Crippen LogP contribution < -0.4 is 20.5 Å². The van der Waals surface area contributed by atoms with Crippen molar-refractivity contribution in [3.8, 4) is 22.6 Å². The lowest BCUT2D eigenvalue weighted by molar-refractivity contribution is -1.04. The molecule has 1 aromatic heterocycles. The highest BCUT2D eigenvalue weighted by Crippen LogP contribution is 2.32. The Morgan fingerprint density at radius 2 is 1.76 bits per heavy atom. The smallest absolute Gasteiger partial charge is 0.322 e. The van der Waals surface area contributed by atoms with E-state index in [-0.39, 0.29) is 46.5 Å². The van der Waals surface area contributed by atoms with Gasteiger partial charge in [-0.1, -0.05) is 29.3 Å². The number of phenols is 1. The summed E-state index contributed by atoms with van der Waals surface area (Å²) < 4.78 is 23.7. The Balaban J connectivity index is 1.19. The first kappa shape index (κ1) is 40.5. The average molecular weight is 799 g/mol. The van der Waals surface area contributed by atoms with Gasteiger partial charge < -0.3 is 49.5 Å². The number of hydroxylamine groups is 2. The van der Waals surface area contributed by atoms with Crippen LogP contribution in [-0.2, 0) is 23.9 Å². The number of rotatable bonds is 14. The average Bonchev–Trinajstić information content (AvgIpc) is 3.78. The van der Waals surface area contributed by atoms with Crippen LogP contribution in [0.2, 0.25) is 0 Å². The van der Waals surface area contributed by atoms with Gasteiger partial charge in [-0.25, -0.2) is 4.99 Å². The van der Waals surface area contributed by atoms with E-state index in [2.05, 4.69) is 10.3 Å². The van der Waals surface area contributed by atoms with Gasteiger partial charge in [0.25, 0.3) is 0 Å². The highest BCUT2D eigenvalue weighted by atomic mass is 16.8. The number of esters is 1. The number of quaternary nitrogens is 1. The molecule has 3 aliphatic heterocycles. The van der Waals surface area contributed by atoms with Gasteiger partial charge in [0.1, 0.15) is 60.5 Å². The molecule has 0 spiro atoms. The zero-order valence-corrected chi connectivity index (χ0v) is 31.8. The third kappa shape index (κ3) is 8.17. The fourth-order valence-corrected chi connectivity index (χ4v) is 7.53. The number of carboxylic acid groups (broad SMARTS) is 1. The van der Waals surface area contributed by atoms with Crippen LogP contribution in [0.3, 0.4) is 0 Å². The minimum atomic E-state index is -1.71. The molecule has 3 aliphatic rings. The van der Waals surface area contributed by atoms with E-state index in [1.165, 1.54) is 43.6 Å². The summed E-state index contributed by atoms with van der Waals surface area (Å²) in [6.07, 6.45) is -2.87. The molecule has 4 heterocycles. The molecule has 4 aromatic rings. The van der Waals surface area contributed by atoms with Crippen molar-refractivity contribution in [2.24, 2.45) is 10.9 Å². The Labute approximate surface area is 331 Å². The number of nitrogens with one attached hydrogen (secondary N) is 2. The number of hydrogen-bond donors (Lipinski definition) is 7. The molecular weight excluding hydrogens is 754 g/mol. The fourth-order valence-electron chi connectivity index (χ4n) is 7.53. The van der Waals surface area contributed by atoms with Gasteiger partial charge in [-0.2, -0.15) is 9.90 Å². The first-order valence-electron chi connectivity index (χ1n) is 18.7. The minimum Gasteiger partial charge on any atom is -0.508 e. The molecule has 0 saturated carbocycles. The van der Waals surface area contributed by atoms with Crippen molar-refractivity contribution in [1.82, 2.24) is 5.32 Å². The first-order valence-corrected chi connectivity index (χ1v) is 18.7. The van der Waals surface area contributed by atoms with E-state index in [9.17, 15) is 39.9 Å². The highest BCUT2D eigenvalue weighted by Gasteiger charge is 2.51. The number of fused-ring (bicyclic) bond motifs is 2. The van der Waals surface area contributed by atoms with Crippen LogP contribution in [0.5, 0.6) is 11.5 Å². The molecule has 0 bridgehead atoms. The summed E-state index contributed by atoms with van der Waals surface area (Å²) >= 11 is 0. The summed E-state index contributed by atoms with van der Waals surface area (Å²) in [6, 6.07) is 15.6. The van der Waals surface area contributed by atoms with E-state index in [0.29, 0.717) is 28.6 Å². The molecule has 16 heteroatoms. The molecule has 0 aliphatic carbocycles. The van der Waals surface area contributed by atoms with Crippen molar-refractivity contribution in [3.63, 3.8) is 0 Å². The number of aryl methyl sites for hydroxylation is 2. The van der Waals surface area contributed by atoms with Crippen LogP contribution in [0.1, 0.15) is 23.1 Å². The van der Waals surface area contributed by atoms with Crippen molar-refractivity contribution in [3.05, 3.63) is 111 Å². The van der Waals surface area contributed by atoms with E-state index in [1.54, 1.807) is 18.3 Å². The fraction of sp³-hybridized carbons (Fsp3) is 0.333. The van der Waals surface area contributed by atoms with Crippen molar-refractivity contribution in [2.45, 2.75) is 57.0 Å². The SMILES string of the molecule is CNC(CCO)C(C(=O)O)C(=O)OCC1OC(Oc2ccc3c(=O)c(-c4ccc(O)cc4)coc3c2)C(O[NH+]2CC3=CC=NC3=C2c2cc(C)cc(C)c2)C(O)C1O. The number of aliphatic hydroxyl groups is 3. The Bertz CT molecular complexity index is 2330. The summed E-state index contributed by atoms with van der Waals surface area (Å²) in [5.41, 5.74) is 5.80. The van der Waals surface area contributed by atoms with Crippen LogP contribution in [0, 0.1) is 19.8 Å². The summed E-state index contributed by atoms with van der Waals surface area (Å²) in [5, 5.41) is 55.4. The van der Waals surface area contributed by atoms with Crippen molar-refractivity contribution in [2.75, 3.05) is 26.8 Å². The maximum absolute atomic E-state index is 13.5. The molecule has 0 amide bonds. The molecule has 0 radical (unpaired) electrons. The van der Waals surface area contributed by atoms with Gasteiger partial charge in [0.15, 0.2) is 17.0 Å². The van der Waals surface area contributed by atoms with Crippen LogP contribution >= 0.6 is 0 Å². The summed E-state index contributed by atoms with van der Waals surface area (Å²) in [4.78, 5) is 49.8. The number of ether oxygens (including phenoxy) is 3. The van der Waals surface area contributed by atoms with E-state index in [4.69, 9.17) is 23.5 Å². The van der Waals surface area contributed by atoms with E-state index >= 15 is 0 Å². The predicted molar refractivity (Wildman–Crippen MR) is 208 cm³/mol. The lowest BCUT2D eigenvalue weighted by atomic mass is 9.97. The number of aromatic hydroxyl groups is 1. The number of hydrogen-bond acceptors (Lipinski definition) is 14. The topological polar surface area (TPSA) is 231 Å². The number of allylic oxidation sites excluding steroid dienone is 1. The number of carbonyl (C=O) groups is 2. The number of phenolic OH excluding ortho intramolecular Hbond substituents is 1. The van der Waals surface area contributed by atoms with Gasteiger partial charge >= 0.3 is 11.9 Å². The monoisotopic (exact) mass is 798 g/mol. The molecule has 16 nitrogen and oxygen atoms in total. The molecule has 1 saturated heterocycles. The number of carbonyl (C=O) groups excluding carboxylic acids is 1. The van der Waals surface area contributed by atoms with Gasteiger partial charge in [0.05, 0.1) is 10.9 Å². The number of aliphatic carboxylic acids is 1. The number of benzene rings is 3. The van der Waals surface area contributed by atoms with E-state index < -0.39 is 61.2 Å². The molecule has 7 N–H and O–H groups in total. The number of carboxylic acids is 1. The Morgan fingerprint density at radius 3 is 2.45 bits per heavy atom. The van der Waals surface area contributed by atoms with Gasteiger partial charge in [-0.05, 0) is 75.4 Å². The highest BCUT2D eigenvalue weighted by molar-refractivity contribution is 5.95. The van der Waals surface area contributed by atoms with Crippen molar-refractivity contribution in [1.29, 1.82) is 0 Å². The summed E-state index contributed by atoms with van der Waals surface area (Å²) in [6.45, 7) is 3.20. The first-order chi connectivity index (χ1) is 27.9. The second-order valence-corrected chi connectivity index (χ2v) is 14.4. The standard InChI is InChI=1S/C42H43N3O13/c1-21-14-22(2)16-25(15-21)35-34-24(10-12-44-34)18-45(35)58-39-38(50)37(49)32(20-55-41(53)33(40(51)52)30(43-3)11-13-46)57-42(39)56-27-8-9-28-31(17-27)54-19-29(36(28)48)23-4-6-26(47)7-5-23/h4-10,12,14-17,19,30,32-33,37-39,42-43,46-47,49-50H,11,13,18,20H2,1-3H3,(H,51,52)/p+1. The van der Waals surface area contributed by atoms with Gasteiger partial charge in [-0.15, -0.1) is 0 Å². The third-order valence-electron chi connectivity index (χ3n) is 10.4. The Hall–Kier alpha value is -5.72. The van der Waals surface area contributed by atoms with Crippen LogP contribution in [0.4, 0.5) is 0 Å². The van der Waals surface area contributed by atoms with Gasteiger partial charge in [0.2, 0.25) is 12.4 Å². The Kier molecular flexibility index (Phi) is 11.9. The molecule has 3 aromatic carbocycles. The normalized spacial score (nSPS) is 23.7. The van der Waals surface area contributed by atoms with E-state index in [1.807, 2.05) is 38.1 Å². The van der Waals surface area contributed by atoms with Gasteiger partial charge in [-0.3, -0.25) is 14.4 Å². The Morgan fingerprint density at radius 1 is 1.02 bits per heavy atom. The molecular formula is C42H44N3O13+. The van der Waals surface area contributed by atoms with Crippen molar-refractivity contribution < 1.29 is 63.7 Å².